The lowest BCUT2D eigenvalue weighted by atomic mass is 10.1. The number of H-pyrrole nitrogens is 1. The fourth-order valence-electron chi connectivity index (χ4n) is 1.45. The molecule has 1 aromatic carbocycles. The van der Waals surface area contributed by atoms with E-state index in [9.17, 15) is 0 Å². The Bertz CT molecular complexity index is 559. The van der Waals surface area contributed by atoms with Crippen molar-refractivity contribution in [2.24, 2.45) is 0 Å². The molecule has 0 amide bonds. The molecule has 0 aliphatic rings. The van der Waals surface area contributed by atoms with Crippen LogP contribution < -0.4 is 5.32 Å². The van der Waals surface area contributed by atoms with Crippen molar-refractivity contribution in [1.82, 2.24) is 15.2 Å². The summed E-state index contributed by atoms with van der Waals surface area (Å²) >= 11 is 4.94. The minimum atomic E-state index is 0.391. The summed E-state index contributed by atoms with van der Waals surface area (Å²) < 4.78 is 0.391. The number of anilines is 1. The van der Waals surface area contributed by atoms with Gasteiger partial charge < -0.3 is 5.32 Å². The summed E-state index contributed by atoms with van der Waals surface area (Å²) in [7, 11) is 0. The summed E-state index contributed by atoms with van der Waals surface area (Å²) in [4.78, 5) is 4.19. The van der Waals surface area contributed by atoms with E-state index in [4.69, 9.17) is 12.2 Å². The second-order valence-electron chi connectivity index (χ2n) is 3.91. The van der Waals surface area contributed by atoms with Crippen LogP contribution in [0.3, 0.4) is 0 Å². The number of aromatic nitrogens is 3. The second-order valence-corrected chi connectivity index (χ2v) is 4.30. The number of rotatable bonds is 3. The van der Waals surface area contributed by atoms with Crippen molar-refractivity contribution in [2.45, 2.75) is 20.4 Å². The lowest BCUT2D eigenvalue weighted by molar-refractivity contribution is 0.901. The Balaban J connectivity index is 2.09. The summed E-state index contributed by atoms with van der Waals surface area (Å²) in [5.41, 5.74) is 3.27. The van der Waals surface area contributed by atoms with Gasteiger partial charge in [-0.1, -0.05) is 29.8 Å². The highest BCUT2D eigenvalue weighted by Crippen LogP contribution is 2.09. The maximum atomic E-state index is 4.94. The van der Waals surface area contributed by atoms with Gasteiger partial charge in [-0.15, -0.1) is 0 Å². The van der Waals surface area contributed by atoms with Crippen molar-refractivity contribution in [3.63, 3.8) is 0 Å². The number of nitrogens with zero attached hydrogens (tertiary/aromatic N) is 2. The van der Waals surface area contributed by atoms with Crippen LogP contribution in [0.2, 0.25) is 0 Å². The van der Waals surface area contributed by atoms with Crippen LogP contribution in [0.25, 0.3) is 0 Å². The van der Waals surface area contributed by atoms with Gasteiger partial charge in [-0.05, 0) is 31.6 Å². The molecular weight excluding hydrogens is 232 g/mol. The van der Waals surface area contributed by atoms with E-state index in [1.54, 1.807) is 0 Å². The molecule has 0 bridgehead atoms. The largest absolute Gasteiger partial charge is 0.364 e. The van der Waals surface area contributed by atoms with E-state index in [0.717, 1.165) is 11.5 Å². The molecular formula is C12H14N4S. The first-order valence-electron chi connectivity index (χ1n) is 5.38. The second kappa shape index (κ2) is 5.05. The molecule has 5 heteroatoms. The van der Waals surface area contributed by atoms with Crippen LogP contribution in [0.1, 0.15) is 16.8 Å². The van der Waals surface area contributed by atoms with E-state index in [1.807, 2.05) is 6.92 Å². The van der Waals surface area contributed by atoms with Gasteiger partial charge >= 0.3 is 0 Å². The number of hydrogen-bond donors (Lipinski definition) is 2. The predicted molar refractivity (Wildman–Crippen MR) is 70.5 cm³/mol. The average Bonchev–Trinajstić information content (AvgIpc) is 2.32. The zero-order valence-electron chi connectivity index (χ0n) is 9.82. The highest BCUT2D eigenvalue weighted by Gasteiger charge is 2.00. The Hall–Kier alpha value is -1.75. The molecule has 0 unspecified atom stereocenters. The first-order valence-corrected chi connectivity index (χ1v) is 5.79. The quantitative estimate of drug-likeness (QED) is 0.818. The molecule has 0 radical (unpaired) electrons. The SMILES string of the molecule is Cc1ccc(CNc2nc(=S)[nH]nc2C)cc1. The lowest BCUT2D eigenvalue weighted by Gasteiger charge is -2.07. The molecule has 1 aromatic heterocycles. The van der Waals surface area contributed by atoms with Gasteiger partial charge in [0.25, 0.3) is 0 Å². The molecule has 0 saturated heterocycles. The molecule has 0 spiro atoms. The Labute approximate surface area is 105 Å². The van der Waals surface area contributed by atoms with Gasteiger partial charge in [0, 0.05) is 6.54 Å². The molecule has 2 N–H and O–H groups in total. The van der Waals surface area contributed by atoms with Crippen LogP contribution in [0.15, 0.2) is 24.3 Å². The molecule has 0 aliphatic heterocycles. The smallest absolute Gasteiger partial charge is 0.215 e. The van der Waals surface area contributed by atoms with Crippen molar-refractivity contribution in [3.05, 3.63) is 45.9 Å². The standard InChI is InChI=1S/C12H14N4S/c1-8-3-5-10(6-4-8)7-13-11-9(2)15-16-12(17)14-11/h3-6H,7H2,1-2H3,(H2,13,14,16,17). The lowest BCUT2D eigenvalue weighted by Crippen LogP contribution is -2.05. The maximum absolute atomic E-state index is 4.94. The van der Waals surface area contributed by atoms with E-state index >= 15 is 0 Å². The molecule has 0 fully saturated rings. The predicted octanol–water partition coefficient (Wildman–Crippen LogP) is 2.76. The van der Waals surface area contributed by atoms with Gasteiger partial charge in [-0.3, -0.25) is 5.10 Å². The van der Waals surface area contributed by atoms with E-state index in [0.29, 0.717) is 11.3 Å². The van der Waals surface area contributed by atoms with Crippen LogP contribution in [-0.2, 0) is 6.54 Å². The van der Waals surface area contributed by atoms with Crippen LogP contribution in [0.4, 0.5) is 5.82 Å². The minimum Gasteiger partial charge on any atom is -0.364 e. The van der Waals surface area contributed by atoms with E-state index in [1.165, 1.54) is 11.1 Å². The normalized spacial score (nSPS) is 10.2. The third kappa shape index (κ3) is 3.10. The Morgan fingerprint density at radius 3 is 2.65 bits per heavy atom. The Morgan fingerprint density at radius 1 is 1.24 bits per heavy atom. The zero-order chi connectivity index (χ0) is 12.3. The van der Waals surface area contributed by atoms with Crippen molar-refractivity contribution >= 4 is 18.0 Å². The maximum Gasteiger partial charge on any atom is 0.215 e. The molecule has 2 rings (SSSR count). The highest BCUT2D eigenvalue weighted by atomic mass is 32.1. The van der Waals surface area contributed by atoms with Gasteiger partial charge in [0.2, 0.25) is 4.77 Å². The third-order valence-electron chi connectivity index (χ3n) is 2.46. The Kier molecular flexibility index (Phi) is 3.49. The molecule has 88 valence electrons. The van der Waals surface area contributed by atoms with Crippen LogP contribution >= 0.6 is 12.2 Å². The fourth-order valence-corrected chi connectivity index (χ4v) is 1.59. The van der Waals surface area contributed by atoms with Gasteiger partial charge in [0.15, 0.2) is 5.82 Å². The van der Waals surface area contributed by atoms with Gasteiger partial charge in [0.1, 0.15) is 0 Å². The van der Waals surface area contributed by atoms with E-state index in [2.05, 4.69) is 51.7 Å². The molecule has 4 nitrogen and oxygen atoms in total. The minimum absolute atomic E-state index is 0.391. The number of aromatic amines is 1. The van der Waals surface area contributed by atoms with Crippen molar-refractivity contribution in [3.8, 4) is 0 Å². The van der Waals surface area contributed by atoms with Crippen LogP contribution in [0.5, 0.6) is 0 Å². The number of aryl methyl sites for hydroxylation is 2. The topological polar surface area (TPSA) is 53.6 Å². The summed E-state index contributed by atoms with van der Waals surface area (Å²) in [5.74, 6) is 0.731. The number of nitrogens with one attached hydrogen (secondary N) is 2. The van der Waals surface area contributed by atoms with E-state index < -0.39 is 0 Å². The molecule has 0 aliphatic carbocycles. The Morgan fingerprint density at radius 2 is 1.94 bits per heavy atom. The summed E-state index contributed by atoms with van der Waals surface area (Å²) in [6.45, 7) is 4.67. The summed E-state index contributed by atoms with van der Waals surface area (Å²) in [6.07, 6.45) is 0. The highest BCUT2D eigenvalue weighted by molar-refractivity contribution is 7.71. The van der Waals surface area contributed by atoms with Crippen LogP contribution in [-0.4, -0.2) is 15.2 Å². The van der Waals surface area contributed by atoms with Crippen molar-refractivity contribution in [1.29, 1.82) is 0 Å². The van der Waals surface area contributed by atoms with Gasteiger partial charge in [-0.2, -0.15) is 10.1 Å². The van der Waals surface area contributed by atoms with Crippen molar-refractivity contribution < 1.29 is 0 Å². The monoisotopic (exact) mass is 246 g/mol. The molecule has 17 heavy (non-hydrogen) atoms. The number of benzene rings is 1. The van der Waals surface area contributed by atoms with Crippen molar-refractivity contribution in [2.75, 3.05) is 5.32 Å². The zero-order valence-corrected chi connectivity index (χ0v) is 10.6. The molecule has 1 heterocycles. The fraction of sp³-hybridized carbons (Fsp3) is 0.250. The van der Waals surface area contributed by atoms with E-state index in [-0.39, 0.29) is 0 Å². The summed E-state index contributed by atoms with van der Waals surface area (Å²) in [6, 6.07) is 8.36. The van der Waals surface area contributed by atoms with Crippen LogP contribution in [0, 0.1) is 18.6 Å². The third-order valence-corrected chi connectivity index (χ3v) is 2.64. The average molecular weight is 246 g/mol. The summed E-state index contributed by atoms with van der Waals surface area (Å²) in [5, 5.41) is 9.94. The van der Waals surface area contributed by atoms with Gasteiger partial charge in [0.05, 0.1) is 5.69 Å². The number of hydrogen-bond acceptors (Lipinski definition) is 4. The molecule has 2 aromatic rings. The first kappa shape index (κ1) is 11.7. The molecule has 0 saturated carbocycles. The van der Waals surface area contributed by atoms with Gasteiger partial charge in [-0.25, -0.2) is 0 Å². The first-order chi connectivity index (χ1) is 8.15. The molecule has 0 atom stereocenters.